The molecule has 1 heterocycles. The lowest BCUT2D eigenvalue weighted by molar-refractivity contribution is -0.129. The second kappa shape index (κ2) is 15.0. The molecule has 0 aliphatic carbocycles. The summed E-state index contributed by atoms with van der Waals surface area (Å²) >= 11 is 12.5. The molecule has 230 valence electrons. The predicted molar refractivity (Wildman–Crippen MR) is 174 cm³/mol. The molecule has 0 radical (unpaired) electrons. The number of hydrogen-bond acceptors (Lipinski definition) is 6. The van der Waals surface area contributed by atoms with E-state index in [0.29, 0.717) is 45.5 Å². The maximum atomic E-state index is 14.5. The Morgan fingerprint density at radius 1 is 1.02 bits per heavy atom. The van der Waals surface area contributed by atoms with E-state index < -0.39 is 11.6 Å². The van der Waals surface area contributed by atoms with E-state index in [4.69, 9.17) is 48.3 Å². The highest BCUT2D eigenvalue weighted by atomic mass is 35.5. The SMILES string of the molecule is [N-]=[N+]=NCc1ccccc1[C@H]1OC(c2ccc(OCCCO)cc2)=N[C@@]1(Cc1ccccc1)C(=O)NCc1ccc(Cl)cc1Cl. The van der Waals surface area contributed by atoms with Gasteiger partial charge < -0.3 is 19.9 Å². The molecule has 5 rings (SSSR count). The van der Waals surface area contributed by atoms with Crippen molar-refractivity contribution in [3.8, 4) is 5.75 Å². The van der Waals surface area contributed by atoms with Gasteiger partial charge in [0.1, 0.15) is 5.75 Å². The standard InChI is InChI=1S/C34H31Cl2N5O4/c35-27-14-11-26(30(36)19-27)21-38-33(43)34(20-23-7-2-1-3-8-23)31(29-10-5-4-9-25(29)22-39-41-37)45-32(40-34)24-12-15-28(16-13-24)44-18-6-17-42/h1-5,7-16,19,31,42H,6,17-18,20-22H2,(H,38,43)/t31-,34-/m1/s1. The first-order valence-electron chi connectivity index (χ1n) is 14.4. The number of aliphatic hydroxyl groups excluding tert-OH is 1. The van der Waals surface area contributed by atoms with Crippen LogP contribution in [0.1, 0.15) is 40.3 Å². The Balaban J connectivity index is 1.59. The van der Waals surface area contributed by atoms with Gasteiger partial charge in [-0.2, -0.15) is 0 Å². The lowest BCUT2D eigenvalue weighted by Gasteiger charge is -2.32. The van der Waals surface area contributed by atoms with E-state index in [1.807, 2.05) is 66.7 Å². The number of amides is 1. The number of rotatable bonds is 13. The molecule has 0 unspecified atom stereocenters. The minimum absolute atomic E-state index is 0.0427. The summed E-state index contributed by atoms with van der Waals surface area (Å²) in [5.41, 5.74) is 11.3. The van der Waals surface area contributed by atoms with Gasteiger partial charge in [-0.15, -0.1) is 0 Å². The van der Waals surface area contributed by atoms with Crippen molar-refractivity contribution >= 4 is 35.0 Å². The molecule has 45 heavy (non-hydrogen) atoms. The molecule has 0 saturated heterocycles. The third kappa shape index (κ3) is 7.59. The number of nitrogens with one attached hydrogen (secondary N) is 1. The molecule has 0 spiro atoms. The number of halogens is 2. The van der Waals surface area contributed by atoms with E-state index in [1.54, 1.807) is 30.3 Å². The van der Waals surface area contributed by atoms with Crippen LogP contribution in [0.25, 0.3) is 10.4 Å². The van der Waals surface area contributed by atoms with Crippen LogP contribution < -0.4 is 10.1 Å². The fourth-order valence-electron chi connectivity index (χ4n) is 5.20. The number of azide groups is 1. The minimum atomic E-state index is -1.45. The quantitative estimate of drug-likeness (QED) is 0.0681. The highest BCUT2D eigenvalue weighted by Gasteiger charge is 2.53. The monoisotopic (exact) mass is 643 g/mol. The fraction of sp³-hybridized carbons (Fsp3) is 0.235. The largest absolute Gasteiger partial charge is 0.494 e. The van der Waals surface area contributed by atoms with Crippen molar-refractivity contribution in [2.75, 3.05) is 13.2 Å². The number of hydrogen-bond donors (Lipinski definition) is 2. The van der Waals surface area contributed by atoms with Gasteiger partial charge in [0.15, 0.2) is 11.6 Å². The Labute approximate surface area is 271 Å². The maximum Gasteiger partial charge on any atom is 0.252 e. The number of aliphatic hydroxyl groups is 1. The number of aliphatic imine (C=N–C) groups is 1. The molecule has 1 aliphatic rings. The molecular formula is C34H31Cl2N5O4. The van der Waals surface area contributed by atoms with Crippen molar-refractivity contribution < 1.29 is 19.4 Å². The molecule has 0 saturated carbocycles. The zero-order valence-corrected chi connectivity index (χ0v) is 25.8. The Hall–Kier alpha value is -4.53. The first kappa shape index (κ1) is 31.9. The number of nitrogens with zero attached hydrogens (tertiary/aromatic N) is 4. The van der Waals surface area contributed by atoms with Crippen LogP contribution in [0, 0.1) is 0 Å². The average molecular weight is 645 g/mol. The smallest absolute Gasteiger partial charge is 0.252 e. The van der Waals surface area contributed by atoms with Crippen molar-refractivity contribution in [1.82, 2.24) is 5.32 Å². The van der Waals surface area contributed by atoms with Gasteiger partial charge in [0, 0.05) is 46.5 Å². The second-order valence-corrected chi connectivity index (χ2v) is 11.3. The summed E-state index contributed by atoms with van der Waals surface area (Å²) in [5, 5.41) is 16.8. The molecule has 1 amide bonds. The summed E-state index contributed by atoms with van der Waals surface area (Å²) in [4.78, 5) is 22.5. The van der Waals surface area contributed by atoms with Crippen LogP contribution in [-0.4, -0.2) is 35.7 Å². The van der Waals surface area contributed by atoms with Gasteiger partial charge in [-0.05, 0) is 64.2 Å². The Kier molecular flexibility index (Phi) is 10.6. The molecular weight excluding hydrogens is 613 g/mol. The van der Waals surface area contributed by atoms with Crippen molar-refractivity contribution in [1.29, 1.82) is 0 Å². The number of ether oxygens (including phenoxy) is 2. The Bertz CT molecular complexity index is 1710. The van der Waals surface area contributed by atoms with Crippen LogP contribution in [0.5, 0.6) is 5.75 Å². The molecule has 0 fully saturated rings. The van der Waals surface area contributed by atoms with Crippen LogP contribution in [0.2, 0.25) is 10.0 Å². The molecule has 0 bridgehead atoms. The lowest BCUT2D eigenvalue weighted by Crippen LogP contribution is -2.50. The van der Waals surface area contributed by atoms with Gasteiger partial charge in [0.05, 0.1) is 13.2 Å². The van der Waals surface area contributed by atoms with Crippen LogP contribution in [-0.2, 0) is 29.0 Å². The van der Waals surface area contributed by atoms with Crippen molar-refractivity contribution in [2.45, 2.75) is 37.6 Å². The summed E-state index contributed by atoms with van der Waals surface area (Å²) in [6.45, 7) is 0.644. The van der Waals surface area contributed by atoms with E-state index in [-0.39, 0.29) is 37.9 Å². The fourth-order valence-corrected chi connectivity index (χ4v) is 5.68. The van der Waals surface area contributed by atoms with Gasteiger partial charge in [0.2, 0.25) is 5.90 Å². The van der Waals surface area contributed by atoms with Crippen LogP contribution in [0.4, 0.5) is 0 Å². The first-order valence-corrected chi connectivity index (χ1v) is 15.1. The molecule has 1 aliphatic heterocycles. The third-order valence-corrected chi connectivity index (χ3v) is 8.03. The van der Waals surface area contributed by atoms with Gasteiger partial charge in [0.25, 0.3) is 5.91 Å². The minimum Gasteiger partial charge on any atom is -0.494 e. The summed E-state index contributed by atoms with van der Waals surface area (Å²) in [6, 6.07) is 29.4. The topological polar surface area (TPSA) is 129 Å². The first-order chi connectivity index (χ1) is 21.9. The number of carbonyl (C=O) groups is 1. The van der Waals surface area contributed by atoms with Crippen molar-refractivity contribution in [2.24, 2.45) is 10.1 Å². The summed E-state index contributed by atoms with van der Waals surface area (Å²) in [5.74, 6) is 0.561. The zero-order chi connectivity index (χ0) is 31.6. The van der Waals surface area contributed by atoms with Gasteiger partial charge in [-0.1, -0.05) is 89.0 Å². The van der Waals surface area contributed by atoms with Gasteiger partial charge in [-0.3, -0.25) is 4.79 Å². The van der Waals surface area contributed by atoms with E-state index in [0.717, 1.165) is 11.1 Å². The highest BCUT2D eigenvalue weighted by molar-refractivity contribution is 6.35. The molecule has 4 aromatic rings. The normalized spacial score (nSPS) is 17.1. The highest BCUT2D eigenvalue weighted by Crippen LogP contribution is 2.44. The molecule has 11 heteroatoms. The molecule has 0 aromatic heterocycles. The average Bonchev–Trinajstić information content (AvgIpc) is 3.44. The summed E-state index contributed by atoms with van der Waals surface area (Å²) in [7, 11) is 0. The number of benzene rings is 4. The van der Waals surface area contributed by atoms with Crippen LogP contribution >= 0.6 is 23.2 Å². The molecule has 2 N–H and O–H groups in total. The summed E-state index contributed by atoms with van der Waals surface area (Å²) < 4.78 is 12.3. The van der Waals surface area contributed by atoms with E-state index in [1.165, 1.54) is 0 Å². The zero-order valence-electron chi connectivity index (χ0n) is 24.3. The van der Waals surface area contributed by atoms with Crippen LogP contribution in [0.3, 0.4) is 0 Å². The maximum absolute atomic E-state index is 14.5. The van der Waals surface area contributed by atoms with Gasteiger partial charge >= 0.3 is 0 Å². The van der Waals surface area contributed by atoms with Crippen molar-refractivity contribution in [3.05, 3.63) is 145 Å². The second-order valence-electron chi connectivity index (χ2n) is 10.5. The molecule has 9 nitrogen and oxygen atoms in total. The Morgan fingerprint density at radius 3 is 2.51 bits per heavy atom. The van der Waals surface area contributed by atoms with E-state index in [9.17, 15) is 4.79 Å². The van der Waals surface area contributed by atoms with Gasteiger partial charge in [-0.25, -0.2) is 4.99 Å². The molecule has 2 atom stereocenters. The third-order valence-electron chi connectivity index (χ3n) is 7.44. The van der Waals surface area contributed by atoms with Crippen LogP contribution in [0.15, 0.2) is 107 Å². The van der Waals surface area contributed by atoms with Crippen molar-refractivity contribution in [3.63, 3.8) is 0 Å². The molecule has 4 aromatic carbocycles. The van der Waals surface area contributed by atoms with E-state index in [2.05, 4.69) is 15.3 Å². The predicted octanol–water partition coefficient (Wildman–Crippen LogP) is 7.38. The lowest BCUT2D eigenvalue weighted by atomic mass is 9.80. The van der Waals surface area contributed by atoms with E-state index >= 15 is 0 Å². The summed E-state index contributed by atoms with van der Waals surface area (Å²) in [6.07, 6.45) is -0.119. The Morgan fingerprint density at radius 2 is 1.78 bits per heavy atom. The number of carbonyl (C=O) groups excluding carboxylic acids is 1.